The Kier molecular flexibility index (Phi) is 4.26. The average Bonchev–Trinajstić information content (AvgIpc) is 2.38. The molecule has 0 radical (unpaired) electrons. The fourth-order valence-electron chi connectivity index (χ4n) is 1.42. The minimum absolute atomic E-state index is 0.0127. The lowest BCUT2D eigenvalue weighted by Gasteiger charge is -2.06. The van der Waals surface area contributed by atoms with Crippen molar-refractivity contribution in [3.63, 3.8) is 0 Å². The molecule has 1 heterocycles. The van der Waals surface area contributed by atoms with Gasteiger partial charge in [0.15, 0.2) is 5.16 Å². The van der Waals surface area contributed by atoms with Gasteiger partial charge in [0, 0.05) is 6.07 Å². The molecule has 0 aliphatic rings. The molecular formula is C12H12N4O3S. The number of thioether (sulfide) groups is 1. The average molecular weight is 292 g/mol. The van der Waals surface area contributed by atoms with Crippen molar-refractivity contribution in [3.05, 3.63) is 40.7 Å². The van der Waals surface area contributed by atoms with E-state index in [0.717, 1.165) is 17.8 Å². The van der Waals surface area contributed by atoms with E-state index in [-0.39, 0.29) is 33.9 Å². The number of phenols is 1. The summed E-state index contributed by atoms with van der Waals surface area (Å²) < 4.78 is 0. The molecule has 0 bridgehead atoms. The minimum atomic E-state index is -0.374. The monoisotopic (exact) mass is 292 g/mol. The zero-order chi connectivity index (χ0) is 14.5. The van der Waals surface area contributed by atoms with Gasteiger partial charge in [-0.15, -0.1) is 0 Å². The number of hydrogen-bond acceptors (Lipinski definition) is 6. The van der Waals surface area contributed by atoms with E-state index in [9.17, 15) is 14.7 Å². The molecule has 2 rings (SSSR count). The Balaban J connectivity index is 1.96. The lowest BCUT2D eigenvalue weighted by atomic mass is 10.3. The number of nitrogen functional groups attached to an aromatic ring is 1. The molecule has 0 atom stereocenters. The summed E-state index contributed by atoms with van der Waals surface area (Å²) in [4.78, 5) is 29.2. The fourth-order valence-corrected chi connectivity index (χ4v) is 2.10. The van der Waals surface area contributed by atoms with Crippen molar-refractivity contribution >= 4 is 29.2 Å². The van der Waals surface area contributed by atoms with Crippen LogP contribution in [0, 0.1) is 0 Å². The summed E-state index contributed by atoms with van der Waals surface area (Å²) in [6.45, 7) is 0. The summed E-state index contributed by atoms with van der Waals surface area (Å²) in [6.07, 6.45) is 0. The molecule has 0 aliphatic heterocycles. The predicted molar refractivity (Wildman–Crippen MR) is 76.7 cm³/mol. The van der Waals surface area contributed by atoms with Crippen molar-refractivity contribution in [3.8, 4) is 5.75 Å². The van der Waals surface area contributed by atoms with E-state index in [1.807, 2.05) is 0 Å². The molecule has 0 unspecified atom stereocenters. The second kappa shape index (κ2) is 6.11. The first-order valence-corrected chi connectivity index (χ1v) is 6.60. The molecule has 0 saturated carbocycles. The van der Waals surface area contributed by atoms with Crippen LogP contribution in [0.2, 0.25) is 0 Å². The van der Waals surface area contributed by atoms with Gasteiger partial charge >= 0.3 is 0 Å². The third-order valence-electron chi connectivity index (χ3n) is 2.26. The number of carbonyl (C=O) groups is 1. The molecule has 5 N–H and O–H groups in total. The second-order valence-corrected chi connectivity index (χ2v) is 4.79. The third-order valence-corrected chi connectivity index (χ3v) is 3.13. The van der Waals surface area contributed by atoms with Crippen LogP contribution < -0.4 is 16.6 Å². The number of amides is 1. The van der Waals surface area contributed by atoms with Crippen LogP contribution in [-0.4, -0.2) is 26.7 Å². The molecule has 0 spiro atoms. The molecule has 7 nitrogen and oxygen atoms in total. The van der Waals surface area contributed by atoms with Crippen LogP contribution in [0.4, 0.5) is 11.5 Å². The molecule has 0 saturated heterocycles. The summed E-state index contributed by atoms with van der Waals surface area (Å²) in [5, 5.41) is 12.3. The maximum atomic E-state index is 11.7. The van der Waals surface area contributed by atoms with E-state index in [4.69, 9.17) is 5.73 Å². The number of benzene rings is 1. The Morgan fingerprint density at radius 2 is 2.20 bits per heavy atom. The largest absolute Gasteiger partial charge is 0.506 e. The first kappa shape index (κ1) is 13.9. The highest BCUT2D eigenvalue weighted by Gasteiger charge is 2.08. The number of aromatic amines is 1. The van der Waals surface area contributed by atoms with E-state index >= 15 is 0 Å². The number of nitrogens with one attached hydrogen (secondary N) is 2. The van der Waals surface area contributed by atoms with Crippen molar-refractivity contribution in [2.24, 2.45) is 0 Å². The van der Waals surface area contributed by atoms with E-state index in [0.29, 0.717) is 5.69 Å². The predicted octanol–water partition coefficient (Wildman–Crippen LogP) is 0.788. The normalized spacial score (nSPS) is 10.2. The smallest absolute Gasteiger partial charge is 0.253 e. The number of rotatable bonds is 4. The van der Waals surface area contributed by atoms with Crippen molar-refractivity contribution in [1.82, 2.24) is 9.97 Å². The van der Waals surface area contributed by atoms with E-state index in [1.165, 1.54) is 6.07 Å². The number of H-pyrrole nitrogens is 1. The molecular weight excluding hydrogens is 280 g/mol. The van der Waals surface area contributed by atoms with Gasteiger partial charge in [-0.3, -0.25) is 9.59 Å². The highest BCUT2D eigenvalue weighted by atomic mass is 32.2. The Morgan fingerprint density at radius 3 is 2.90 bits per heavy atom. The first-order chi connectivity index (χ1) is 9.54. The van der Waals surface area contributed by atoms with Gasteiger partial charge in [-0.05, 0) is 12.1 Å². The molecule has 0 aliphatic carbocycles. The van der Waals surface area contributed by atoms with Crippen LogP contribution in [0.3, 0.4) is 0 Å². The number of hydrogen-bond donors (Lipinski definition) is 4. The number of anilines is 2. The number of nitrogens with zero attached hydrogens (tertiary/aromatic N) is 1. The van der Waals surface area contributed by atoms with Crippen LogP contribution in [0.5, 0.6) is 5.75 Å². The topological polar surface area (TPSA) is 121 Å². The van der Waals surface area contributed by atoms with Crippen LogP contribution in [0.15, 0.2) is 40.3 Å². The van der Waals surface area contributed by atoms with Crippen molar-refractivity contribution < 1.29 is 9.90 Å². The molecule has 8 heteroatoms. The maximum Gasteiger partial charge on any atom is 0.253 e. The minimum Gasteiger partial charge on any atom is -0.506 e. The highest BCUT2D eigenvalue weighted by Crippen LogP contribution is 2.22. The fraction of sp³-hybridized carbons (Fsp3) is 0.0833. The number of para-hydroxylation sites is 2. The van der Waals surface area contributed by atoms with Crippen LogP contribution >= 0.6 is 11.8 Å². The molecule has 1 aromatic heterocycles. The third kappa shape index (κ3) is 3.75. The highest BCUT2D eigenvalue weighted by molar-refractivity contribution is 7.99. The molecule has 20 heavy (non-hydrogen) atoms. The molecule has 0 fully saturated rings. The summed E-state index contributed by atoms with van der Waals surface area (Å²) in [6, 6.07) is 7.56. The zero-order valence-electron chi connectivity index (χ0n) is 10.3. The summed E-state index contributed by atoms with van der Waals surface area (Å²) in [5.41, 5.74) is 5.38. The molecule has 1 aromatic carbocycles. The quantitative estimate of drug-likeness (QED) is 0.375. The van der Waals surface area contributed by atoms with Gasteiger partial charge in [0.1, 0.15) is 11.6 Å². The molecule has 104 valence electrons. The van der Waals surface area contributed by atoms with Crippen molar-refractivity contribution in [2.45, 2.75) is 5.16 Å². The summed E-state index contributed by atoms with van der Waals surface area (Å²) in [7, 11) is 0. The number of carbonyl (C=O) groups excluding carboxylic acids is 1. The van der Waals surface area contributed by atoms with Gasteiger partial charge in [0.2, 0.25) is 5.91 Å². The van der Waals surface area contributed by atoms with Gasteiger partial charge in [0.25, 0.3) is 5.56 Å². The van der Waals surface area contributed by atoms with Gasteiger partial charge in [0.05, 0.1) is 11.4 Å². The zero-order valence-corrected chi connectivity index (χ0v) is 11.1. The van der Waals surface area contributed by atoms with Crippen LogP contribution in [0.25, 0.3) is 0 Å². The maximum absolute atomic E-state index is 11.7. The van der Waals surface area contributed by atoms with Gasteiger partial charge in [-0.25, -0.2) is 4.98 Å². The number of phenolic OH excluding ortho intramolecular Hbond substituents is 1. The Hall–Kier alpha value is -2.48. The molecule has 1 amide bonds. The van der Waals surface area contributed by atoms with Gasteiger partial charge < -0.3 is 21.1 Å². The van der Waals surface area contributed by atoms with E-state index < -0.39 is 0 Å². The number of aromatic hydroxyl groups is 1. The van der Waals surface area contributed by atoms with Crippen LogP contribution in [0.1, 0.15) is 0 Å². The lowest BCUT2D eigenvalue weighted by molar-refractivity contribution is -0.113. The van der Waals surface area contributed by atoms with Crippen molar-refractivity contribution in [1.29, 1.82) is 0 Å². The summed E-state index contributed by atoms with van der Waals surface area (Å²) >= 11 is 1.04. The first-order valence-electron chi connectivity index (χ1n) is 5.62. The summed E-state index contributed by atoms with van der Waals surface area (Å²) in [5.74, 6) is -0.221. The Bertz CT molecular complexity index is 686. The number of aromatic nitrogens is 2. The molecule has 2 aromatic rings. The van der Waals surface area contributed by atoms with E-state index in [1.54, 1.807) is 18.2 Å². The van der Waals surface area contributed by atoms with Gasteiger partial charge in [-0.2, -0.15) is 0 Å². The van der Waals surface area contributed by atoms with Gasteiger partial charge in [-0.1, -0.05) is 23.9 Å². The second-order valence-electron chi connectivity index (χ2n) is 3.83. The lowest BCUT2D eigenvalue weighted by Crippen LogP contribution is -2.15. The SMILES string of the molecule is Nc1cc(=O)[nH]c(SCC(=O)Nc2ccccc2O)n1. The van der Waals surface area contributed by atoms with Crippen LogP contribution in [-0.2, 0) is 4.79 Å². The van der Waals surface area contributed by atoms with Crippen molar-refractivity contribution in [2.75, 3.05) is 16.8 Å². The number of nitrogens with two attached hydrogens (primary N) is 1. The standard InChI is InChI=1S/C12H12N4O3S/c13-9-5-10(18)16-12(15-9)20-6-11(19)14-7-3-1-2-4-8(7)17/h1-5,17H,6H2,(H,14,19)(H3,13,15,16,18). The Morgan fingerprint density at radius 1 is 1.45 bits per heavy atom. The van der Waals surface area contributed by atoms with E-state index in [2.05, 4.69) is 15.3 Å². The Labute approximate surface area is 118 Å².